The van der Waals surface area contributed by atoms with Crippen molar-refractivity contribution in [2.45, 2.75) is 25.7 Å². The van der Waals surface area contributed by atoms with Gasteiger partial charge < -0.3 is 14.4 Å². The minimum absolute atomic E-state index is 0. The Morgan fingerprint density at radius 3 is 1.76 bits per heavy atom. The van der Waals surface area contributed by atoms with E-state index in [4.69, 9.17) is 0 Å². The molecular formula is C24H26Zr. The Balaban J connectivity index is 0.000000219. The van der Waals surface area contributed by atoms with Crippen LogP contribution in [0.3, 0.4) is 0 Å². The van der Waals surface area contributed by atoms with Gasteiger partial charge in [0.05, 0.1) is 0 Å². The van der Waals surface area contributed by atoms with Crippen molar-refractivity contribution in [3.63, 3.8) is 0 Å². The Morgan fingerprint density at radius 2 is 1.44 bits per heavy atom. The third kappa shape index (κ3) is 6.16. The summed E-state index contributed by atoms with van der Waals surface area (Å²) in [5.41, 5.74) is 0. The Labute approximate surface area is 172 Å². The van der Waals surface area contributed by atoms with Crippen molar-refractivity contribution in [1.82, 2.24) is 0 Å². The fourth-order valence-corrected chi connectivity index (χ4v) is 2.74. The molecule has 0 amide bonds. The molecule has 25 heavy (non-hydrogen) atoms. The van der Waals surface area contributed by atoms with Crippen LogP contribution in [0.5, 0.6) is 0 Å². The summed E-state index contributed by atoms with van der Waals surface area (Å²) >= 11 is 0. The molecule has 0 aliphatic heterocycles. The summed E-state index contributed by atoms with van der Waals surface area (Å²) in [7, 11) is 0. The van der Waals surface area contributed by atoms with Crippen molar-refractivity contribution in [2.24, 2.45) is 5.92 Å². The predicted octanol–water partition coefficient (Wildman–Crippen LogP) is 7.09. The molecule has 2 aliphatic carbocycles. The molecule has 0 bridgehead atoms. The summed E-state index contributed by atoms with van der Waals surface area (Å²) in [6.45, 7) is 3.84. The smallest absolute Gasteiger partial charge is 0.358 e. The molecule has 1 saturated carbocycles. The summed E-state index contributed by atoms with van der Waals surface area (Å²) in [4.78, 5) is 0. The van der Waals surface area contributed by atoms with Crippen molar-refractivity contribution in [3.8, 4) is 0 Å². The van der Waals surface area contributed by atoms with Crippen LogP contribution in [0, 0.1) is 26.3 Å². The van der Waals surface area contributed by atoms with Gasteiger partial charge >= 0.3 is 26.2 Å². The maximum atomic E-state index is 3.84. The zero-order valence-corrected chi connectivity index (χ0v) is 17.5. The van der Waals surface area contributed by atoms with Crippen molar-refractivity contribution < 1.29 is 26.2 Å². The van der Waals surface area contributed by atoms with E-state index in [-0.39, 0.29) is 33.6 Å². The molecule has 0 nitrogen and oxygen atoms in total. The first-order chi connectivity index (χ1) is 11.3. The number of allylic oxidation sites excluding steroid dienone is 4. The van der Waals surface area contributed by atoms with Gasteiger partial charge in [0.15, 0.2) is 0 Å². The van der Waals surface area contributed by atoms with E-state index < -0.39 is 0 Å². The van der Waals surface area contributed by atoms with Gasteiger partial charge in [0.2, 0.25) is 0 Å². The molecule has 0 aromatic heterocycles. The van der Waals surface area contributed by atoms with E-state index >= 15 is 0 Å². The van der Waals surface area contributed by atoms with E-state index in [1.165, 1.54) is 40.8 Å². The van der Waals surface area contributed by atoms with Gasteiger partial charge in [-0.1, -0.05) is 55.7 Å². The number of benzene rings is 2. The Morgan fingerprint density at radius 1 is 0.920 bits per heavy atom. The van der Waals surface area contributed by atoms with E-state index in [1.54, 1.807) is 0 Å². The molecule has 126 valence electrons. The van der Waals surface area contributed by atoms with Crippen molar-refractivity contribution >= 4 is 21.5 Å². The second-order valence-corrected chi connectivity index (χ2v) is 6.12. The maximum absolute atomic E-state index is 3.84. The van der Waals surface area contributed by atoms with E-state index in [0.29, 0.717) is 0 Å². The first-order valence-electron chi connectivity index (χ1n) is 8.42. The number of fused-ring (bicyclic) bond motifs is 3. The molecule has 0 N–H and O–H groups in total. The second-order valence-electron chi connectivity index (χ2n) is 6.12. The summed E-state index contributed by atoms with van der Waals surface area (Å²) < 4.78 is 0. The zero-order valence-electron chi connectivity index (χ0n) is 15.0. The van der Waals surface area contributed by atoms with Gasteiger partial charge in [-0.15, -0.1) is 46.2 Å². The van der Waals surface area contributed by atoms with Gasteiger partial charge in [0.1, 0.15) is 0 Å². The average Bonchev–Trinajstić information content (AvgIpc) is 3.24. The maximum Gasteiger partial charge on any atom is 4.00 e. The average molecular weight is 406 g/mol. The van der Waals surface area contributed by atoms with Gasteiger partial charge in [0.25, 0.3) is 0 Å². The van der Waals surface area contributed by atoms with Crippen LogP contribution in [0.2, 0.25) is 0 Å². The van der Waals surface area contributed by atoms with Crippen LogP contribution in [0.15, 0.2) is 72.8 Å². The number of hydrogen-bond acceptors (Lipinski definition) is 0. The van der Waals surface area contributed by atoms with E-state index in [2.05, 4.69) is 73.7 Å². The SMILES string of the molecule is [C-]1=CC=CC1.[CH2-]C1CCC1.[CH3-].[Zr+4].c1ccc2c(c1)[cH-]c1ccccc12. The van der Waals surface area contributed by atoms with Gasteiger partial charge in [-0.2, -0.15) is 12.0 Å². The fourth-order valence-electron chi connectivity index (χ4n) is 2.74. The first kappa shape index (κ1) is 21.7. The van der Waals surface area contributed by atoms with Gasteiger partial charge in [-0.25, -0.2) is 12.2 Å². The molecule has 1 heteroatoms. The molecule has 0 atom stereocenters. The summed E-state index contributed by atoms with van der Waals surface area (Å²) in [5, 5.41) is 5.39. The summed E-state index contributed by atoms with van der Waals surface area (Å²) in [6, 6.07) is 19.3. The summed E-state index contributed by atoms with van der Waals surface area (Å²) in [5.74, 6) is 0.815. The molecule has 2 aliphatic rings. The number of rotatable bonds is 0. The van der Waals surface area contributed by atoms with Crippen LogP contribution in [-0.2, 0) is 26.2 Å². The van der Waals surface area contributed by atoms with Crippen LogP contribution in [0.4, 0.5) is 0 Å². The Hall–Kier alpha value is -1.33. The van der Waals surface area contributed by atoms with Gasteiger partial charge in [0, 0.05) is 0 Å². The third-order valence-electron chi connectivity index (χ3n) is 4.33. The second kappa shape index (κ2) is 11.3. The Bertz CT molecular complexity index is 743. The molecule has 1 fully saturated rings. The fraction of sp³-hybridized carbons (Fsp3) is 0.208. The third-order valence-corrected chi connectivity index (χ3v) is 4.33. The van der Waals surface area contributed by atoms with Gasteiger partial charge in [-0.05, 0) is 0 Å². The van der Waals surface area contributed by atoms with Crippen LogP contribution in [0.1, 0.15) is 25.7 Å². The molecule has 0 saturated heterocycles. The molecule has 3 aromatic rings. The van der Waals surface area contributed by atoms with Crippen LogP contribution in [-0.4, -0.2) is 0 Å². The van der Waals surface area contributed by atoms with Crippen molar-refractivity contribution in [2.75, 3.05) is 0 Å². The molecule has 0 unspecified atom stereocenters. The monoisotopic (exact) mass is 404 g/mol. The minimum Gasteiger partial charge on any atom is -0.358 e. The topological polar surface area (TPSA) is 0 Å². The van der Waals surface area contributed by atoms with E-state index in [0.717, 1.165) is 12.3 Å². The first-order valence-corrected chi connectivity index (χ1v) is 8.42. The molecular weight excluding hydrogens is 379 g/mol. The quantitative estimate of drug-likeness (QED) is 0.350. The zero-order chi connectivity index (χ0) is 15.9. The molecule has 0 radical (unpaired) electrons. The molecule has 0 spiro atoms. The van der Waals surface area contributed by atoms with E-state index in [9.17, 15) is 0 Å². The van der Waals surface area contributed by atoms with E-state index in [1.807, 2.05) is 12.2 Å². The predicted molar refractivity (Wildman–Crippen MR) is 108 cm³/mol. The Kier molecular flexibility index (Phi) is 9.83. The normalized spacial score (nSPS) is 14.4. The van der Waals surface area contributed by atoms with Crippen LogP contribution >= 0.6 is 0 Å². The van der Waals surface area contributed by atoms with Crippen LogP contribution < -0.4 is 0 Å². The van der Waals surface area contributed by atoms with Crippen molar-refractivity contribution in [1.29, 1.82) is 0 Å². The molecule has 5 rings (SSSR count). The molecule has 3 aromatic carbocycles. The van der Waals surface area contributed by atoms with Crippen LogP contribution in [0.25, 0.3) is 21.5 Å². The molecule has 0 heterocycles. The standard InChI is InChI=1S/C13H9.C5H9.C5H5.CH3.Zr/c1-3-7-12-10(5-1)9-11-6-2-4-8-13(11)12;1-5-3-2-4-5;1-2-4-5-3-1;;/h1-9H;5H,1-4H2;1-3H,4H2;1H3;/q4*-1;+4. The largest absolute Gasteiger partial charge is 4.00 e. The minimum atomic E-state index is 0. The number of hydrogen-bond donors (Lipinski definition) is 0. The summed E-state index contributed by atoms with van der Waals surface area (Å²) in [6.07, 6.45) is 14.2. The van der Waals surface area contributed by atoms with Gasteiger partial charge in [-0.3, -0.25) is 6.08 Å². The van der Waals surface area contributed by atoms with Crippen molar-refractivity contribution in [3.05, 3.63) is 93.3 Å².